The van der Waals surface area contributed by atoms with E-state index in [4.69, 9.17) is 9.47 Å². The average Bonchev–Trinajstić information content (AvgIpc) is 2.64. The Morgan fingerprint density at radius 2 is 1.68 bits per heavy atom. The predicted octanol–water partition coefficient (Wildman–Crippen LogP) is 6.56. The minimum Gasteiger partial charge on any atom is -0.348 e. The Hall–Kier alpha value is -0.930. The molecule has 0 aromatic heterocycles. The van der Waals surface area contributed by atoms with Crippen molar-refractivity contribution in [1.82, 2.24) is 0 Å². The first kappa shape index (κ1) is 20.4. The summed E-state index contributed by atoms with van der Waals surface area (Å²) < 4.78 is 26.2. The van der Waals surface area contributed by atoms with Crippen LogP contribution in [0.3, 0.4) is 0 Å². The second kappa shape index (κ2) is 10.9. The Morgan fingerprint density at radius 1 is 1.00 bits per heavy atom. The van der Waals surface area contributed by atoms with Crippen molar-refractivity contribution in [2.45, 2.75) is 84.1 Å². The van der Waals surface area contributed by atoms with E-state index in [2.05, 4.69) is 13.8 Å². The van der Waals surface area contributed by atoms with Gasteiger partial charge in [0.2, 0.25) is 0 Å². The van der Waals surface area contributed by atoms with E-state index in [-0.39, 0.29) is 12.2 Å². The maximum absolute atomic E-state index is 14.3. The second-order valence-corrected chi connectivity index (χ2v) is 7.35. The van der Waals surface area contributed by atoms with Crippen LogP contribution in [0.15, 0.2) is 24.3 Å². The molecule has 0 saturated carbocycles. The standard InChI is InChI=1S/C22H35FO2/c1-4-7-8-10-17-15-24-22(25-16-17)19-13-11-18(12-14-19)20(6-3)21(23)9-5-2/h11-14,17,20-22H,4-10,15-16H2,1-3H3. The summed E-state index contributed by atoms with van der Waals surface area (Å²) in [7, 11) is 0. The highest BCUT2D eigenvalue weighted by Gasteiger charge is 2.24. The van der Waals surface area contributed by atoms with Crippen LogP contribution in [0.4, 0.5) is 4.39 Å². The van der Waals surface area contributed by atoms with Gasteiger partial charge in [0.25, 0.3) is 0 Å². The van der Waals surface area contributed by atoms with Gasteiger partial charge in [-0.25, -0.2) is 4.39 Å². The van der Waals surface area contributed by atoms with Crippen LogP contribution in [0, 0.1) is 5.92 Å². The molecule has 0 radical (unpaired) electrons. The van der Waals surface area contributed by atoms with Gasteiger partial charge < -0.3 is 9.47 Å². The normalized spacial score (nSPS) is 23.4. The molecule has 1 aliphatic rings. The van der Waals surface area contributed by atoms with E-state index in [0.29, 0.717) is 12.3 Å². The van der Waals surface area contributed by atoms with Gasteiger partial charge in [-0.3, -0.25) is 0 Å². The minimum absolute atomic E-state index is 0.00913. The largest absolute Gasteiger partial charge is 0.348 e. The summed E-state index contributed by atoms with van der Waals surface area (Å²) in [5.41, 5.74) is 2.12. The van der Waals surface area contributed by atoms with E-state index in [0.717, 1.165) is 37.2 Å². The molecule has 0 bridgehead atoms. The van der Waals surface area contributed by atoms with Crippen LogP contribution in [0.2, 0.25) is 0 Å². The van der Waals surface area contributed by atoms with Crippen molar-refractivity contribution >= 4 is 0 Å². The number of hydrogen-bond donors (Lipinski definition) is 0. The monoisotopic (exact) mass is 350 g/mol. The molecule has 2 atom stereocenters. The van der Waals surface area contributed by atoms with Crippen LogP contribution >= 0.6 is 0 Å². The molecular weight excluding hydrogens is 315 g/mol. The molecule has 2 nitrogen and oxygen atoms in total. The number of unbranched alkanes of at least 4 members (excludes halogenated alkanes) is 2. The summed E-state index contributed by atoms with van der Waals surface area (Å²) in [6.45, 7) is 7.88. The van der Waals surface area contributed by atoms with Crippen molar-refractivity contribution in [1.29, 1.82) is 0 Å². The average molecular weight is 351 g/mol. The highest BCUT2D eigenvalue weighted by atomic mass is 19.1. The lowest BCUT2D eigenvalue weighted by molar-refractivity contribution is -0.206. The van der Waals surface area contributed by atoms with Crippen molar-refractivity contribution in [3.05, 3.63) is 35.4 Å². The SMILES string of the molecule is CCCCCC1COC(c2ccc(C(CC)C(F)CCC)cc2)OC1. The van der Waals surface area contributed by atoms with Gasteiger partial charge in [0, 0.05) is 17.4 Å². The van der Waals surface area contributed by atoms with Gasteiger partial charge in [0.05, 0.1) is 13.2 Å². The Labute approximate surface area is 153 Å². The molecule has 1 aromatic rings. The zero-order valence-electron chi connectivity index (χ0n) is 16.2. The number of benzene rings is 1. The molecule has 25 heavy (non-hydrogen) atoms. The number of ether oxygens (including phenoxy) is 2. The summed E-state index contributed by atoms with van der Waals surface area (Å²) >= 11 is 0. The Kier molecular flexibility index (Phi) is 8.91. The van der Waals surface area contributed by atoms with Crippen molar-refractivity contribution in [3.8, 4) is 0 Å². The highest BCUT2D eigenvalue weighted by Crippen LogP contribution is 2.31. The summed E-state index contributed by atoms with van der Waals surface area (Å²) in [4.78, 5) is 0. The maximum atomic E-state index is 14.3. The molecule has 1 heterocycles. The molecule has 1 fully saturated rings. The number of rotatable bonds is 10. The molecule has 1 saturated heterocycles. The van der Waals surface area contributed by atoms with Gasteiger partial charge in [-0.2, -0.15) is 0 Å². The van der Waals surface area contributed by atoms with E-state index >= 15 is 0 Å². The number of alkyl halides is 1. The van der Waals surface area contributed by atoms with Gasteiger partial charge in [0.1, 0.15) is 6.17 Å². The summed E-state index contributed by atoms with van der Waals surface area (Å²) in [5, 5.41) is 0. The van der Waals surface area contributed by atoms with Gasteiger partial charge in [-0.05, 0) is 24.8 Å². The fourth-order valence-corrected chi connectivity index (χ4v) is 3.66. The first-order valence-electron chi connectivity index (χ1n) is 10.2. The number of hydrogen-bond acceptors (Lipinski definition) is 2. The van der Waals surface area contributed by atoms with Gasteiger partial charge in [0.15, 0.2) is 6.29 Å². The molecule has 142 valence electrons. The van der Waals surface area contributed by atoms with Crippen molar-refractivity contribution < 1.29 is 13.9 Å². The molecule has 2 rings (SSSR count). The van der Waals surface area contributed by atoms with Crippen LogP contribution < -0.4 is 0 Å². The maximum Gasteiger partial charge on any atom is 0.183 e. The van der Waals surface area contributed by atoms with Crippen LogP contribution in [0.1, 0.15) is 89.1 Å². The minimum atomic E-state index is -0.757. The zero-order valence-corrected chi connectivity index (χ0v) is 16.2. The first-order chi connectivity index (χ1) is 12.2. The van der Waals surface area contributed by atoms with Gasteiger partial charge in [-0.1, -0.05) is 70.7 Å². The lowest BCUT2D eigenvalue weighted by Crippen LogP contribution is -2.27. The second-order valence-electron chi connectivity index (χ2n) is 7.35. The molecule has 0 N–H and O–H groups in total. The molecule has 0 amide bonds. The Bertz CT molecular complexity index is 465. The summed E-state index contributed by atoms with van der Waals surface area (Å²) in [6.07, 6.45) is 6.30. The highest BCUT2D eigenvalue weighted by molar-refractivity contribution is 5.27. The van der Waals surface area contributed by atoms with E-state index in [1.165, 1.54) is 25.7 Å². The fraction of sp³-hybridized carbons (Fsp3) is 0.727. The van der Waals surface area contributed by atoms with E-state index < -0.39 is 6.17 Å². The van der Waals surface area contributed by atoms with E-state index in [1.807, 2.05) is 31.2 Å². The van der Waals surface area contributed by atoms with Crippen molar-refractivity contribution in [2.24, 2.45) is 5.92 Å². The molecule has 3 heteroatoms. The fourth-order valence-electron chi connectivity index (χ4n) is 3.66. The van der Waals surface area contributed by atoms with Crippen LogP contribution in [-0.2, 0) is 9.47 Å². The third-order valence-electron chi connectivity index (χ3n) is 5.26. The first-order valence-corrected chi connectivity index (χ1v) is 10.2. The lowest BCUT2D eigenvalue weighted by atomic mass is 9.89. The number of halogens is 1. The molecule has 1 aromatic carbocycles. The topological polar surface area (TPSA) is 18.5 Å². The molecule has 0 spiro atoms. The van der Waals surface area contributed by atoms with Crippen LogP contribution in [-0.4, -0.2) is 19.4 Å². The smallest absolute Gasteiger partial charge is 0.183 e. The summed E-state index contributed by atoms with van der Waals surface area (Å²) in [5.74, 6) is 0.512. The molecule has 1 aliphatic heterocycles. The van der Waals surface area contributed by atoms with E-state index in [9.17, 15) is 4.39 Å². The molecule has 2 unspecified atom stereocenters. The van der Waals surface area contributed by atoms with Crippen LogP contribution in [0.25, 0.3) is 0 Å². The lowest BCUT2D eigenvalue weighted by Gasteiger charge is -2.30. The summed E-state index contributed by atoms with van der Waals surface area (Å²) in [6, 6.07) is 8.18. The quantitative estimate of drug-likeness (QED) is 0.445. The van der Waals surface area contributed by atoms with Crippen molar-refractivity contribution in [2.75, 3.05) is 13.2 Å². The molecule has 0 aliphatic carbocycles. The van der Waals surface area contributed by atoms with Gasteiger partial charge >= 0.3 is 0 Å². The zero-order chi connectivity index (χ0) is 18.1. The van der Waals surface area contributed by atoms with Gasteiger partial charge in [-0.15, -0.1) is 0 Å². The van der Waals surface area contributed by atoms with Crippen molar-refractivity contribution in [3.63, 3.8) is 0 Å². The third kappa shape index (κ3) is 6.07. The van der Waals surface area contributed by atoms with E-state index in [1.54, 1.807) is 0 Å². The Balaban J connectivity index is 1.88. The third-order valence-corrected chi connectivity index (χ3v) is 5.26. The molecular formula is C22H35FO2. The predicted molar refractivity (Wildman–Crippen MR) is 102 cm³/mol. The van der Waals surface area contributed by atoms with Crippen LogP contribution in [0.5, 0.6) is 0 Å². The Morgan fingerprint density at radius 3 is 2.24 bits per heavy atom.